The molecule has 1 aliphatic rings. The first kappa shape index (κ1) is 24.5. The van der Waals surface area contributed by atoms with Crippen molar-refractivity contribution in [1.29, 1.82) is 0 Å². The van der Waals surface area contributed by atoms with Crippen molar-refractivity contribution in [3.63, 3.8) is 0 Å². The number of rotatable bonds is 7. The van der Waals surface area contributed by atoms with E-state index in [4.69, 9.17) is 0 Å². The summed E-state index contributed by atoms with van der Waals surface area (Å²) in [5.74, 6) is 0.0698. The molecule has 0 spiro atoms. The highest BCUT2D eigenvalue weighted by Gasteiger charge is 2.36. The van der Waals surface area contributed by atoms with E-state index in [-0.39, 0.29) is 23.5 Å². The van der Waals surface area contributed by atoms with E-state index < -0.39 is 0 Å². The molecule has 0 bridgehead atoms. The van der Waals surface area contributed by atoms with Gasteiger partial charge in [0, 0.05) is 17.8 Å². The second-order valence-electron chi connectivity index (χ2n) is 8.67. The number of anilines is 2. The number of carbonyl (C=O) groups excluding carboxylic acids is 3. The predicted molar refractivity (Wildman–Crippen MR) is 144 cm³/mol. The van der Waals surface area contributed by atoms with Gasteiger partial charge in [0.25, 0.3) is 11.8 Å². The molecule has 5 rings (SSSR count). The summed E-state index contributed by atoms with van der Waals surface area (Å²) in [6.45, 7) is 6.60. The van der Waals surface area contributed by atoms with Crippen LogP contribution in [0.25, 0.3) is 11.4 Å². The van der Waals surface area contributed by atoms with Gasteiger partial charge in [-0.2, -0.15) is 0 Å². The number of nitrogens with zero attached hydrogens (tertiary/aromatic N) is 4. The molecule has 37 heavy (non-hydrogen) atoms. The number of aryl methyl sites for hydroxylation is 1. The molecular formula is C28H25N5O3S. The zero-order chi connectivity index (χ0) is 26.1. The highest BCUT2D eigenvalue weighted by atomic mass is 32.2. The molecule has 8 nitrogen and oxygen atoms in total. The van der Waals surface area contributed by atoms with E-state index in [9.17, 15) is 14.4 Å². The van der Waals surface area contributed by atoms with Crippen LogP contribution in [0.4, 0.5) is 11.4 Å². The number of nitrogens with one attached hydrogen (secondary N) is 1. The summed E-state index contributed by atoms with van der Waals surface area (Å²) in [7, 11) is 0. The minimum absolute atomic E-state index is 0.115. The Labute approximate surface area is 218 Å². The van der Waals surface area contributed by atoms with Crippen LogP contribution in [0, 0.1) is 13.8 Å². The van der Waals surface area contributed by atoms with E-state index in [1.807, 2.05) is 55.7 Å². The average molecular weight is 512 g/mol. The van der Waals surface area contributed by atoms with Crippen LogP contribution in [0.1, 0.15) is 38.8 Å². The van der Waals surface area contributed by atoms with Crippen molar-refractivity contribution >= 4 is 40.9 Å². The fourth-order valence-electron chi connectivity index (χ4n) is 4.28. The van der Waals surface area contributed by atoms with E-state index in [0.717, 1.165) is 22.4 Å². The molecule has 0 fully saturated rings. The Kier molecular flexibility index (Phi) is 6.62. The van der Waals surface area contributed by atoms with Crippen LogP contribution in [-0.4, -0.2) is 38.2 Å². The van der Waals surface area contributed by atoms with Crippen LogP contribution in [0.2, 0.25) is 0 Å². The molecule has 3 aromatic carbocycles. The van der Waals surface area contributed by atoms with Crippen molar-refractivity contribution in [2.75, 3.05) is 16.0 Å². The van der Waals surface area contributed by atoms with Crippen molar-refractivity contribution in [3.05, 3.63) is 89.0 Å². The van der Waals surface area contributed by atoms with Gasteiger partial charge in [0.05, 0.1) is 22.6 Å². The second kappa shape index (κ2) is 10.0. The van der Waals surface area contributed by atoms with Crippen molar-refractivity contribution in [2.45, 2.75) is 32.5 Å². The van der Waals surface area contributed by atoms with Gasteiger partial charge in [-0.3, -0.25) is 14.4 Å². The van der Waals surface area contributed by atoms with E-state index in [1.165, 1.54) is 16.7 Å². The summed E-state index contributed by atoms with van der Waals surface area (Å²) in [5.41, 5.74) is 5.08. The SMILES string of the molecule is CCn1c(SCC(=O)Nc2cccc(C)c2C)nnc1-c1ccc(N2C(=O)c3ccccc3C2=O)cc1. The maximum atomic E-state index is 12.8. The van der Waals surface area contributed by atoms with Crippen LogP contribution < -0.4 is 10.2 Å². The number of imide groups is 1. The van der Waals surface area contributed by atoms with Gasteiger partial charge in [0.2, 0.25) is 5.91 Å². The van der Waals surface area contributed by atoms with Crippen LogP contribution in [0.3, 0.4) is 0 Å². The van der Waals surface area contributed by atoms with Gasteiger partial charge in [-0.15, -0.1) is 10.2 Å². The van der Waals surface area contributed by atoms with Crippen molar-refractivity contribution in [2.24, 2.45) is 0 Å². The topological polar surface area (TPSA) is 97.2 Å². The third-order valence-corrected chi connectivity index (χ3v) is 7.39. The first-order valence-corrected chi connectivity index (χ1v) is 12.9. The molecule has 1 N–H and O–H groups in total. The monoisotopic (exact) mass is 511 g/mol. The summed E-state index contributed by atoms with van der Waals surface area (Å²) in [5, 5.41) is 12.3. The molecule has 2 heterocycles. The fourth-order valence-corrected chi connectivity index (χ4v) is 5.08. The molecule has 9 heteroatoms. The lowest BCUT2D eigenvalue weighted by Crippen LogP contribution is -2.29. The van der Waals surface area contributed by atoms with Gasteiger partial charge < -0.3 is 9.88 Å². The molecular weight excluding hydrogens is 486 g/mol. The molecule has 0 unspecified atom stereocenters. The third kappa shape index (κ3) is 4.53. The van der Waals surface area contributed by atoms with Crippen molar-refractivity contribution in [1.82, 2.24) is 14.8 Å². The minimum atomic E-state index is -0.331. The summed E-state index contributed by atoms with van der Waals surface area (Å²) < 4.78 is 1.94. The average Bonchev–Trinajstić information content (AvgIpc) is 3.44. The molecule has 0 radical (unpaired) electrons. The Hall–Kier alpha value is -4.24. The van der Waals surface area contributed by atoms with Crippen LogP contribution in [0.5, 0.6) is 0 Å². The lowest BCUT2D eigenvalue weighted by Gasteiger charge is -2.14. The van der Waals surface area contributed by atoms with Crippen LogP contribution in [0.15, 0.2) is 71.9 Å². The standard InChI is InChI=1S/C28H25N5O3S/c1-4-32-25(30-31-28(32)37-16-24(34)29-23-11-7-8-17(2)18(23)3)19-12-14-20(15-13-19)33-26(35)21-9-5-6-10-22(21)27(33)36/h5-15H,4,16H2,1-3H3,(H,29,34). The van der Waals surface area contributed by atoms with Crippen molar-refractivity contribution < 1.29 is 14.4 Å². The number of amides is 3. The van der Waals surface area contributed by atoms with E-state index in [2.05, 4.69) is 15.5 Å². The fraction of sp³-hybridized carbons (Fsp3) is 0.179. The molecule has 4 aromatic rings. The molecule has 0 saturated carbocycles. The Morgan fingerprint density at radius 2 is 1.57 bits per heavy atom. The largest absolute Gasteiger partial charge is 0.325 e. The van der Waals surface area contributed by atoms with E-state index >= 15 is 0 Å². The Balaban J connectivity index is 1.30. The Morgan fingerprint density at radius 1 is 0.892 bits per heavy atom. The molecule has 1 aliphatic heterocycles. The zero-order valence-corrected chi connectivity index (χ0v) is 21.5. The Bertz CT molecular complexity index is 1490. The van der Waals surface area contributed by atoms with Gasteiger partial charge in [0.15, 0.2) is 11.0 Å². The Morgan fingerprint density at radius 3 is 2.22 bits per heavy atom. The van der Waals surface area contributed by atoms with Gasteiger partial charge in [-0.05, 0) is 74.4 Å². The van der Waals surface area contributed by atoms with Crippen LogP contribution in [-0.2, 0) is 11.3 Å². The quantitative estimate of drug-likeness (QED) is 0.273. The number of hydrogen-bond donors (Lipinski definition) is 1. The van der Waals surface area contributed by atoms with Gasteiger partial charge in [-0.25, -0.2) is 4.90 Å². The summed E-state index contributed by atoms with van der Waals surface area (Å²) in [4.78, 5) is 39.3. The molecule has 0 atom stereocenters. The predicted octanol–water partition coefficient (Wildman–Crippen LogP) is 5.11. The molecule has 186 valence electrons. The number of benzene rings is 3. The lowest BCUT2D eigenvalue weighted by molar-refractivity contribution is -0.113. The number of carbonyl (C=O) groups is 3. The van der Waals surface area contributed by atoms with E-state index in [0.29, 0.717) is 34.3 Å². The maximum absolute atomic E-state index is 12.8. The highest BCUT2D eigenvalue weighted by Crippen LogP contribution is 2.31. The first-order valence-electron chi connectivity index (χ1n) is 11.9. The van der Waals surface area contributed by atoms with E-state index in [1.54, 1.807) is 36.4 Å². The molecule has 3 amide bonds. The number of fused-ring (bicyclic) bond motifs is 1. The number of thioether (sulfide) groups is 1. The molecule has 0 aliphatic carbocycles. The normalized spacial score (nSPS) is 12.7. The minimum Gasteiger partial charge on any atom is -0.325 e. The number of aromatic nitrogens is 3. The highest BCUT2D eigenvalue weighted by molar-refractivity contribution is 7.99. The van der Waals surface area contributed by atoms with Gasteiger partial charge in [0.1, 0.15) is 0 Å². The zero-order valence-electron chi connectivity index (χ0n) is 20.7. The summed E-state index contributed by atoms with van der Waals surface area (Å²) in [6, 6.07) is 19.7. The third-order valence-electron chi connectivity index (χ3n) is 6.42. The first-order chi connectivity index (χ1) is 17.9. The summed E-state index contributed by atoms with van der Waals surface area (Å²) in [6.07, 6.45) is 0. The molecule has 1 aromatic heterocycles. The van der Waals surface area contributed by atoms with Gasteiger partial charge in [-0.1, -0.05) is 36.0 Å². The van der Waals surface area contributed by atoms with Crippen molar-refractivity contribution in [3.8, 4) is 11.4 Å². The lowest BCUT2D eigenvalue weighted by atomic mass is 10.1. The second-order valence-corrected chi connectivity index (χ2v) is 9.62. The summed E-state index contributed by atoms with van der Waals surface area (Å²) >= 11 is 1.32. The smallest absolute Gasteiger partial charge is 0.266 e. The van der Waals surface area contributed by atoms with Crippen LogP contribution >= 0.6 is 11.8 Å². The maximum Gasteiger partial charge on any atom is 0.266 e. The number of hydrogen-bond acceptors (Lipinski definition) is 6. The molecule has 0 saturated heterocycles. The van der Waals surface area contributed by atoms with Gasteiger partial charge >= 0.3 is 0 Å².